The first-order valence-corrected chi connectivity index (χ1v) is 8.96. The standard InChI is InChI=1S/C21H20F3N3O/c1-3-15-10-8-9-13-18(15)27(4-2)20-25-14-17(21(22,23)24)19(26-20)28-16-11-6-5-7-12-16/h5-14H,3-4H2,1-2H3. The molecule has 0 saturated carbocycles. The van der Waals surface area contributed by atoms with Crippen LogP contribution in [0.1, 0.15) is 25.0 Å². The van der Waals surface area contributed by atoms with Crippen molar-refractivity contribution in [3.05, 3.63) is 71.9 Å². The molecule has 1 heterocycles. The molecule has 0 bridgehead atoms. The van der Waals surface area contributed by atoms with Crippen LogP contribution < -0.4 is 9.64 Å². The van der Waals surface area contributed by atoms with Crippen LogP contribution in [0.2, 0.25) is 0 Å². The van der Waals surface area contributed by atoms with E-state index in [2.05, 4.69) is 9.97 Å². The minimum Gasteiger partial charge on any atom is -0.438 e. The van der Waals surface area contributed by atoms with Crippen molar-refractivity contribution in [1.82, 2.24) is 9.97 Å². The maximum Gasteiger partial charge on any atom is 0.423 e. The molecular formula is C21H20F3N3O. The van der Waals surface area contributed by atoms with E-state index in [-0.39, 0.29) is 11.7 Å². The zero-order valence-corrected chi connectivity index (χ0v) is 15.6. The summed E-state index contributed by atoms with van der Waals surface area (Å²) in [6.45, 7) is 4.41. The number of aryl methyl sites for hydroxylation is 1. The van der Waals surface area contributed by atoms with Crippen molar-refractivity contribution in [2.45, 2.75) is 26.4 Å². The molecule has 0 aliphatic rings. The summed E-state index contributed by atoms with van der Waals surface area (Å²) >= 11 is 0. The van der Waals surface area contributed by atoms with Gasteiger partial charge in [0, 0.05) is 18.4 Å². The molecule has 4 nitrogen and oxygen atoms in total. The number of aromatic nitrogens is 2. The summed E-state index contributed by atoms with van der Waals surface area (Å²) in [6, 6.07) is 15.9. The van der Waals surface area contributed by atoms with Crippen LogP contribution in [0.25, 0.3) is 0 Å². The van der Waals surface area contributed by atoms with Crippen LogP contribution in [0.4, 0.5) is 24.8 Å². The molecular weight excluding hydrogens is 367 g/mol. The highest BCUT2D eigenvalue weighted by molar-refractivity contribution is 5.62. The van der Waals surface area contributed by atoms with Crippen LogP contribution in [0.15, 0.2) is 60.8 Å². The monoisotopic (exact) mass is 387 g/mol. The summed E-state index contributed by atoms with van der Waals surface area (Å²) in [4.78, 5) is 9.89. The molecule has 146 valence electrons. The predicted molar refractivity (Wildman–Crippen MR) is 102 cm³/mol. The lowest BCUT2D eigenvalue weighted by Gasteiger charge is -2.24. The lowest BCUT2D eigenvalue weighted by Crippen LogP contribution is -2.21. The van der Waals surface area contributed by atoms with Gasteiger partial charge in [0.15, 0.2) is 0 Å². The third-order valence-electron chi connectivity index (χ3n) is 4.23. The molecule has 2 aromatic carbocycles. The van der Waals surface area contributed by atoms with Crippen LogP contribution in [0.3, 0.4) is 0 Å². The second kappa shape index (κ2) is 8.29. The van der Waals surface area contributed by atoms with E-state index in [4.69, 9.17) is 4.74 Å². The summed E-state index contributed by atoms with van der Waals surface area (Å²) in [6.07, 6.45) is -3.07. The molecule has 3 rings (SSSR count). The number of anilines is 2. The van der Waals surface area contributed by atoms with Gasteiger partial charge in [-0.15, -0.1) is 0 Å². The van der Waals surface area contributed by atoms with Crippen molar-refractivity contribution < 1.29 is 17.9 Å². The van der Waals surface area contributed by atoms with Crippen molar-refractivity contribution in [2.24, 2.45) is 0 Å². The third kappa shape index (κ3) is 4.24. The van der Waals surface area contributed by atoms with Gasteiger partial charge < -0.3 is 9.64 Å². The maximum atomic E-state index is 13.4. The predicted octanol–water partition coefficient (Wildman–Crippen LogP) is 6.01. The Morgan fingerprint density at radius 2 is 1.64 bits per heavy atom. The van der Waals surface area contributed by atoms with E-state index < -0.39 is 17.6 Å². The average Bonchev–Trinajstić information content (AvgIpc) is 2.69. The third-order valence-corrected chi connectivity index (χ3v) is 4.23. The number of ether oxygens (including phenoxy) is 1. The quantitative estimate of drug-likeness (QED) is 0.519. The maximum absolute atomic E-state index is 13.4. The molecule has 0 saturated heterocycles. The number of benzene rings is 2. The second-order valence-corrected chi connectivity index (χ2v) is 6.03. The second-order valence-electron chi connectivity index (χ2n) is 6.03. The normalized spacial score (nSPS) is 11.3. The highest BCUT2D eigenvalue weighted by atomic mass is 19.4. The Hall–Kier alpha value is -3.09. The fourth-order valence-electron chi connectivity index (χ4n) is 2.85. The van der Waals surface area contributed by atoms with E-state index in [1.165, 1.54) is 0 Å². The topological polar surface area (TPSA) is 38.2 Å². The van der Waals surface area contributed by atoms with E-state index in [1.54, 1.807) is 35.2 Å². The molecule has 0 aliphatic heterocycles. The Kier molecular flexibility index (Phi) is 5.82. The fraction of sp³-hybridized carbons (Fsp3) is 0.238. The summed E-state index contributed by atoms with van der Waals surface area (Å²) in [5.41, 5.74) is 0.899. The van der Waals surface area contributed by atoms with Crippen LogP contribution in [-0.2, 0) is 12.6 Å². The van der Waals surface area contributed by atoms with E-state index in [0.717, 1.165) is 23.9 Å². The Morgan fingerprint density at radius 1 is 0.964 bits per heavy atom. The molecule has 0 radical (unpaired) electrons. The number of nitrogens with zero attached hydrogens (tertiary/aromatic N) is 3. The van der Waals surface area contributed by atoms with Gasteiger partial charge in [-0.2, -0.15) is 18.2 Å². The average molecular weight is 387 g/mol. The van der Waals surface area contributed by atoms with E-state index in [1.807, 2.05) is 38.1 Å². The number of rotatable bonds is 6. The first-order chi connectivity index (χ1) is 13.4. The lowest BCUT2D eigenvalue weighted by molar-refractivity contribution is -0.139. The van der Waals surface area contributed by atoms with Crippen molar-refractivity contribution in [2.75, 3.05) is 11.4 Å². The Labute approximate surface area is 161 Å². The number of para-hydroxylation sites is 2. The van der Waals surface area contributed by atoms with Gasteiger partial charge in [-0.1, -0.05) is 43.3 Å². The highest BCUT2D eigenvalue weighted by Gasteiger charge is 2.37. The van der Waals surface area contributed by atoms with Gasteiger partial charge in [-0.25, -0.2) is 4.98 Å². The summed E-state index contributed by atoms with van der Waals surface area (Å²) in [5, 5.41) is 0. The Balaban J connectivity index is 2.07. The minimum atomic E-state index is -4.62. The largest absolute Gasteiger partial charge is 0.438 e. The molecule has 0 amide bonds. The van der Waals surface area contributed by atoms with Gasteiger partial charge in [0.25, 0.3) is 0 Å². The number of hydrogen-bond donors (Lipinski definition) is 0. The van der Waals surface area contributed by atoms with Gasteiger partial charge >= 0.3 is 6.18 Å². The van der Waals surface area contributed by atoms with Crippen molar-refractivity contribution in [3.63, 3.8) is 0 Å². The summed E-state index contributed by atoms with van der Waals surface area (Å²) in [7, 11) is 0. The van der Waals surface area contributed by atoms with Crippen LogP contribution >= 0.6 is 0 Å². The lowest BCUT2D eigenvalue weighted by atomic mass is 10.1. The molecule has 0 N–H and O–H groups in total. The highest BCUT2D eigenvalue weighted by Crippen LogP contribution is 2.38. The number of alkyl halides is 3. The molecule has 7 heteroatoms. The van der Waals surface area contributed by atoms with E-state index in [9.17, 15) is 13.2 Å². The molecule has 0 fully saturated rings. The van der Waals surface area contributed by atoms with Gasteiger partial charge in [0.1, 0.15) is 11.3 Å². The zero-order chi connectivity index (χ0) is 20.1. The number of halogens is 3. The van der Waals surface area contributed by atoms with Crippen LogP contribution in [0.5, 0.6) is 11.6 Å². The molecule has 0 aliphatic carbocycles. The molecule has 3 aromatic rings. The first kappa shape index (κ1) is 19.7. The molecule has 0 atom stereocenters. The van der Waals surface area contributed by atoms with E-state index >= 15 is 0 Å². The minimum absolute atomic E-state index is 0.155. The van der Waals surface area contributed by atoms with Crippen molar-refractivity contribution in [3.8, 4) is 11.6 Å². The Morgan fingerprint density at radius 3 is 2.29 bits per heavy atom. The van der Waals surface area contributed by atoms with Crippen LogP contribution in [0, 0.1) is 0 Å². The van der Waals surface area contributed by atoms with Crippen molar-refractivity contribution in [1.29, 1.82) is 0 Å². The molecule has 0 unspecified atom stereocenters. The molecule has 28 heavy (non-hydrogen) atoms. The molecule has 0 spiro atoms. The van der Waals surface area contributed by atoms with Crippen molar-refractivity contribution >= 4 is 11.6 Å². The fourth-order valence-corrected chi connectivity index (χ4v) is 2.85. The smallest absolute Gasteiger partial charge is 0.423 e. The van der Waals surface area contributed by atoms with E-state index in [0.29, 0.717) is 6.54 Å². The number of hydrogen-bond acceptors (Lipinski definition) is 4. The zero-order valence-electron chi connectivity index (χ0n) is 15.6. The van der Waals surface area contributed by atoms with Gasteiger partial charge in [0.2, 0.25) is 11.8 Å². The summed E-state index contributed by atoms with van der Waals surface area (Å²) in [5.74, 6) is -0.0897. The van der Waals surface area contributed by atoms with Gasteiger partial charge in [-0.05, 0) is 37.1 Å². The Bertz CT molecular complexity index is 930. The van der Waals surface area contributed by atoms with Gasteiger partial charge in [0.05, 0.1) is 0 Å². The van der Waals surface area contributed by atoms with Gasteiger partial charge in [-0.3, -0.25) is 0 Å². The first-order valence-electron chi connectivity index (χ1n) is 8.96. The molecule has 1 aromatic heterocycles. The SMILES string of the molecule is CCc1ccccc1N(CC)c1ncc(C(F)(F)F)c(Oc2ccccc2)n1. The summed E-state index contributed by atoms with van der Waals surface area (Å²) < 4.78 is 45.8. The van der Waals surface area contributed by atoms with Crippen LogP contribution in [-0.4, -0.2) is 16.5 Å².